The SMILES string of the molecule is CN=C(NCc1cccc(CN2CCCC2=O)c1)N1CCC(N2CCCC2)C1.I. The Labute approximate surface area is 191 Å². The van der Waals surface area contributed by atoms with E-state index in [1.165, 1.54) is 43.5 Å². The number of hydrogen-bond donors (Lipinski definition) is 1. The van der Waals surface area contributed by atoms with Crippen LogP contribution in [0.5, 0.6) is 0 Å². The van der Waals surface area contributed by atoms with Gasteiger partial charge in [0, 0.05) is 52.2 Å². The molecule has 3 saturated heterocycles. The van der Waals surface area contributed by atoms with Gasteiger partial charge in [-0.25, -0.2) is 0 Å². The summed E-state index contributed by atoms with van der Waals surface area (Å²) in [7, 11) is 1.88. The summed E-state index contributed by atoms with van der Waals surface area (Å²) >= 11 is 0. The van der Waals surface area contributed by atoms with E-state index in [2.05, 4.69) is 44.4 Å². The van der Waals surface area contributed by atoms with Crippen molar-refractivity contribution in [2.24, 2.45) is 4.99 Å². The number of carbonyl (C=O) groups is 1. The van der Waals surface area contributed by atoms with Crippen LogP contribution in [0.3, 0.4) is 0 Å². The van der Waals surface area contributed by atoms with E-state index in [9.17, 15) is 4.79 Å². The van der Waals surface area contributed by atoms with Crippen molar-refractivity contribution < 1.29 is 4.79 Å². The van der Waals surface area contributed by atoms with Crippen LogP contribution in [-0.4, -0.2) is 72.4 Å². The van der Waals surface area contributed by atoms with E-state index >= 15 is 0 Å². The van der Waals surface area contributed by atoms with Gasteiger partial charge in [-0.15, -0.1) is 24.0 Å². The number of hydrogen-bond acceptors (Lipinski definition) is 3. The van der Waals surface area contributed by atoms with Crippen LogP contribution in [-0.2, 0) is 17.9 Å². The molecule has 29 heavy (non-hydrogen) atoms. The second-order valence-electron chi connectivity index (χ2n) is 8.27. The van der Waals surface area contributed by atoms with Gasteiger partial charge < -0.3 is 15.1 Å². The summed E-state index contributed by atoms with van der Waals surface area (Å²) in [6.07, 6.45) is 5.63. The highest BCUT2D eigenvalue weighted by molar-refractivity contribution is 14.0. The van der Waals surface area contributed by atoms with E-state index in [0.717, 1.165) is 45.1 Å². The first kappa shape index (κ1) is 22.3. The minimum absolute atomic E-state index is 0. The Morgan fingerprint density at radius 3 is 2.66 bits per heavy atom. The van der Waals surface area contributed by atoms with Crippen LogP contribution in [0.15, 0.2) is 29.3 Å². The lowest BCUT2D eigenvalue weighted by Crippen LogP contribution is -2.42. The molecule has 1 aromatic carbocycles. The van der Waals surface area contributed by atoms with Crippen molar-refractivity contribution in [2.45, 2.75) is 51.2 Å². The molecular weight excluding hydrogens is 477 g/mol. The molecule has 1 unspecified atom stereocenters. The van der Waals surface area contributed by atoms with Crippen molar-refractivity contribution in [3.8, 4) is 0 Å². The van der Waals surface area contributed by atoms with Crippen LogP contribution in [0.1, 0.15) is 43.2 Å². The third-order valence-corrected chi connectivity index (χ3v) is 6.32. The fraction of sp³-hybridized carbons (Fsp3) is 0.636. The highest BCUT2D eigenvalue weighted by Gasteiger charge is 2.30. The normalized spacial score (nSPS) is 23.0. The van der Waals surface area contributed by atoms with Crippen LogP contribution in [0.25, 0.3) is 0 Å². The van der Waals surface area contributed by atoms with Crippen molar-refractivity contribution >= 4 is 35.8 Å². The van der Waals surface area contributed by atoms with Gasteiger partial charge in [-0.2, -0.15) is 0 Å². The van der Waals surface area contributed by atoms with E-state index in [-0.39, 0.29) is 29.9 Å². The molecule has 1 amide bonds. The maximum absolute atomic E-state index is 11.9. The zero-order valence-corrected chi connectivity index (χ0v) is 19.8. The molecule has 3 aliphatic rings. The fourth-order valence-corrected chi connectivity index (χ4v) is 4.78. The predicted octanol–water partition coefficient (Wildman–Crippen LogP) is 2.67. The quantitative estimate of drug-likeness (QED) is 0.376. The minimum atomic E-state index is 0. The summed E-state index contributed by atoms with van der Waals surface area (Å²) in [5.41, 5.74) is 2.44. The van der Waals surface area contributed by atoms with Crippen LogP contribution in [0.4, 0.5) is 0 Å². The number of amides is 1. The first-order chi connectivity index (χ1) is 13.7. The third kappa shape index (κ3) is 5.63. The first-order valence-electron chi connectivity index (χ1n) is 10.8. The second kappa shape index (κ2) is 10.6. The number of nitrogens with zero attached hydrogens (tertiary/aromatic N) is 4. The molecule has 0 bridgehead atoms. The minimum Gasteiger partial charge on any atom is -0.352 e. The van der Waals surface area contributed by atoms with Gasteiger partial charge in [-0.05, 0) is 49.9 Å². The molecule has 0 radical (unpaired) electrons. The molecule has 6 nitrogen and oxygen atoms in total. The van der Waals surface area contributed by atoms with Gasteiger partial charge in [0.15, 0.2) is 5.96 Å². The van der Waals surface area contributed by atoms with Crippen LogP contribution < -0.4 is 5.32 Å². The molecule has 1 N–H and O–H groups in total. The molecule has 3 aliphatic heterocycles. The van der Waals surface area contributed by atoms with Gasteiger partial charge in [0.05, 0.1) is 0 Å². The molecular formula is C22H34IN5O. The number of carbonyl (C=O) groups excluding carboxylic acids is 1. The first-order valence-corrected chi connectivity index (χ1v) is 10.8. The smallest absolute Gasteiger partial charge is 0.222 e. The molecule has 0 spiro atoms. The second-order valence-corrected chi connectivity index (χ2v) is 8.27. The van der Waals surface area contributed by atoms with Crippen molar-refractivity contribution in [1.82, 2.24) is 20.0 Å². The molecule has 0 aliphatic carbocycles. The lowest BCUT2D eigenvalue weighted by molar-refractivity contribution is -0.128. The number of aliphatic imine (C=N–C) groups is 1. The molecule has 160 valence electrons. The number of nitrogens with one attached hydrogen (secondary N) is 1. The Bertz CT molecular complexity index is 719. The lowest BCUT2D eigenvalue weighted by atomic mass is 10.1. The topological polar surface area (TPSA) is 51.2 Å². The number of halogens is 1. The largest absolute Gasteiger partial charge is 0.352 e. The molecule has 3 heterocycles. The standard InChI is InChI=1S/C22H33N5O.HI/c1-23-22(27-13-9-20(17-27)25-10-2-3-11-25)24-15-18-6-4-7-19(14-18)16-26-12-5-8-21(26)28;/h4,6-7,14,20H,2-3,5,8-13,15-17H2,1H3,(H,23,24);1H. The van der Waals surface area contributed by atoms with Gasteiger partial charge >= 0.3 is 0 Å². The van der Waals surface area contributed by atoms with E-state index in [1.807, 2.05) is 11.9 Å². The van der Waals surface area contributed by atoms with Gasteiger partial charge in [-0.1, -0.05) is 24.3 Å². The predicted molar refractivity (Wildman–Crippen MR) is 127 cm³/mol. The summed E-state index contributed by atoms with van der Waals surface area (Å²) in [4.78, 5) is 23.4. The molecule has 3 fully saturated rings. The fourth-order valence-electron chi connectivity index (χ4n) is 4.78. The van der Waals surface area contributed by atoms with E-state index in [1.54, 1.807) is 0 Å². The number of likely N-dealkylation sites (tertiary alicyclic amines) is 3. The summed E-state index contributed by atoms with van der Waals surface area (Å²) in [5.74, 6) is 1.28. The summed E-state index contributed by atoms with van der Waals surface area (Å²) in [6, 6.07) is 9.25. The van der Waals surface area contributed by atoms with Crippen molar-refractivity contribution in [2.75, 3.05) is 39.8 Å². The number of benzene rings is 1. The van der Waals surface area contributed by atoms with E-state index in [0.29, 0.717) is 12.5 Å². The van der Waals surface area contributed by atoms with Crippen LogP contribution in [0.2, 0.25) is 0 Å². The highest BCUT2D eigenvalue weighted by Crippen LogP contribution is 2.20. The highest BCUT2D eigenvalue weighted by atomic mass is 127. The van der Waals surface area contributed by atoms with Gasteiger partial charge in [0.25, 0.3) is 0 Å². The Balaban J connectivity index is 0.00000240. The van der Waals surface area contributed by atoms with Crippen LogP contribution >= 0.6 is 24.0 Å². The van der Waals surface area contributed by atoms with Crippen LogP contribution in [0, 0.1) is 0 Å². The Hall–Kier alpha value is -1.35. The van der Waals surface area contributed by atoms with Crippen molar-refractivity contribution in [3.05, 3.63) is 35.4 Å². The molecule has 1 atom stereocenters. The summed E-state index contributed by atoms with van der Waals surface area (Å²) in [5, 5.41) is 3.55. The molecule has 7 heteroatoms. The summed E-state index contributed by atoms with van der Waals surface area (Å²) < 4.78 is 0. The average molecular weight is 511 g/mol. The van der Waals surface area contributed by atoms with E-state index in [4.69, 9.17) is 0 Å². The molecule has 0 aromatic heterocycles. The van der Waals surface area contributed by atoms with Gasteiger partial charge in [0.1, 0.15) is 0 Å². The maximum Gasteiger partial charge on any atom is 0.222 e. The zero-order valence-electron chi connectivity index (χ0n) is 17.5. The Morgan fingerprint density at radius 2 is 1.93 bits per heavy atom. The maximum atomic E-state index is 11.9. The molecule has 4 rings (SSSR count). The Kier molecular flexibility index (Phi) is 8.17. The third-order valence-electron chi connectivity index (χ3n) is 6.32. The number of guanidine groups is 1. The van der Waals surface area contributed by atoms with Crippen molar-refractivity contribution in [3.63, 3.8) is 0 Å². The average Bonchev–Trinajstić information content (AvgIpc) is 3.45. The van der Waals surface area contributed by atoms with Gasteiger partial charge in [0.2, 0.25) is 5.91 Å². The van der Waals surface area contributed by atoms with E-state index < -0.39 is 0 Å². The Morgan fingerprint density at radius 1 is 1.14 bits per heavy atom. The molecule has 0 saturated carbocycles. The molecule has 1 aromatic rings. The van der Waals surface area contributed by atoms with Crippen molar-refractivity contribution in [1.29, 1.82) is 0 Å². The lowest BCUT2D eigenvalue weighted by Gasteiger charge is -2.25. The monoisotopic (exact) mass is 511 g/mol. The number of rotatable bonds is 5. The summed E-state index contributed by atoms with van der Waals surface area (Å²) in [6.45, 7) is 7.06. The zero-order chi connectivity index (χ0) is 19.3. The van der Waals surface area contributed by atoms with Gasteiger partial charge in [-0.3, -0.25) is 14.7 Å².